The Hall–Kier alpha value is -1.22. The lowest BCUT2D eigenvalue weighted by atomic mass is 10.2. The summed E-state index contributed by atoms with van der Waals surface area (Å²) >= 11 is 5.62. The highest BCUT2D eigenvalue weighted by Crippen LogP contribution is 2.10. The Kier molecular flexibility index (Phi) is 4.26. The summed E-state index contributed by atoms with van der Waals surface area (Å²) in [5.41, 5.74) is 1.90. The van der Waals surface area contributed by atoms with Gasteiger partial charge in [-0.3, -0.25) is 4.57 Å². The number of H-pyrrole nitrogens is 1. The number of rotatable bonds is 6. The fourth-order valence-electron chi connectivity index (χ4n) is 2.05. The van der Waals surface area contributed by atoms with Gasteiger partial charge in [0.2, 0.25) is 0 Å². The maximum Gasteiger partial charge on any atom is 0.326 e. The van der Waals surface area contributed by atoms with E-state index in [0.29, 0.717) is 0 Å². The minimum Gasteiger partial charge on any atom is -0.306 e. The van der Waals surface area contributed by atoms with Crippen LogP contribution in [0.15, 0.2) is 29.1 Å². The van der Waals surface area contributed by atoms with Gasteiger partial charge in [-0.25, -0.2) is 4.79 Å². The lowest BCUT2D eigenvalue weighted by Crippen LogP contribution is -2.16. The summed E-state index contributed by atoms with van der Waals surface area (Å²) in [5.74, 6) is 0.729. The number of benzene rings is 1. The van der Waals surface area contributed by atoms with E-state index in [1.807, 2.05) is 28.8 Å². The number of fused-ring (bicyclic) bond motifs is 1. The van der Waals surface area contributed by atoms with Crippen LogP contribution in [-0.4, -0.2) is 15.4 Å². The van der Waals surface area contributed by atoms with Crippen LogP contribution in [0.25, 0.3) is 11.0 Å². The van der Waals surface area contributed by atoms with Crippen molar-refractivity contribution in [2.75, 3.05) is 5.88 Å². The van der Waals surface area contributed by atoms with E-state index in [1.54, 1.807) is 0 Å². The molecule has 0 amide bonds. The van der Waals surface area contributed by atoms with Crippen molar-refractivity contribution in [3.8, 4) is 0 Å². The molecule has 0 bridgehead atoms. The van der Waals surface area contributed by atoms with Gasteiger partial charge < -0.3 is 4.98 Å². The number of nitrogens with one attached hydrogen (secondary N) is 1. The van der Waals surface area contributed by atoms with Gasteiger partial charge in [0.1, 0.15) is 0 Å². The van der Waals surface area contributed by atoms with Crippen LogP contribution >= 0.6 is 11.6 Å². The maximum absolute atomic E-state index is 11.7. The minimum atomic E-state index is -0.0106. The highest BCUT2D eigenvalue weighted by molar-refractivity contribution is 6.17. The lowest BCUT2D eigenvalue weighted by Gasteiger charge is -2.02. The molecule has 0 saturated carbocycles. The fraction of sp³-hybridized carbons (Fsp3) is 0.462. The number of nitrogens with zero attached hydrogens (tertiary/aromatic N) is 1. The number of imidazole rings is 1. The van der Waals surface area contributed by atoms with E-state index >= 15 is 0 Å². The van der Waals surface area contributed by atoms with Crippen LogP contribution in [0.3, 0.4) is 0 Å². The van der Waals surface area contributed by atoms with Crippen molar-refractivity contribution in [1.82, 2.24) is 9.55 Å². The molecule has 1 heterocycles. The summed E-state index contributed by atoms with van der Waals surface area (Å²) < 4.78 is 1.82. The first kappa shape index (κ1) is 12.2. The van der Waals surface area contributed by atoms with Crippen LogP contribution < -0.4 is 5.69 Å². The van der Waals surface area contributed by atoms with Gasteiger partial charge in [-0.05, 0) is 25.0 Å². The van der Waals surface area contributed by atoms with E-state index in [1.165, 1.54) is 0 Å². The molecule has 0 spiro atoms. The van der Waals surface area contributed by atoms with Crippen molar-refractivity contribution in [1.29, 1.82) is 0 Å². The highest BCUT2D eigenvalue weighted by atomic mass is 35.5. The summed E-state index contributed by atoms with van der Waals surface area (Å²) in [6, 6.07) is 7.80. The molecule has 2 aromatic rings. The Morgan fingerprint density at radius 2 is 1.88 bits per heavy atom. The standard InChI is InChI=1S/C13H17ClN2O/c14-9-5-1-2-6-10-16-12-8-4-3-7-11(12)15-13(16)17/h3-4,7-8H,1-2,5-6,9-10H2,(H,15,17). The second kappa shape index (κ2) is 5.92. The van der Waals surface area contributed by atoms with Crippen LogP contribution in [0.2, 0.25) is 0 Å². The molecule has 0 radical (unpaired) electrons. The van der Waals surface area contributed by atoms with Crippen molar-refractivity contribution in [3.63, 3.8) is 0 Å². The lowest BCUT2D eigenvalue weighted by molar-refractivity contribution is 0.582. The molecule has 1 aromatic carbocycles. The van der Waals surface area contributed by atoms with Crippen LogP contribution in [0.4, 0.5) is 0 Å². The summed E-state index contributed by atoms with van der Waals surface area (Å²) in [5, 5.41) is 0. The van der Waals surface area contributed by atoms with Gasteiger partial charge in [-0.2, -0.15) is 0 Å². The molecule has 0 aliphatic heterocycles. The van der Waals surface area contributed by atoms with Gasteiger partial charge in [-0.15, -0.1) is 11.6 Å². The van der Waals surface area contributed by atoms with Crippen molar-refractivity contribution in [2.24, 2.45) is 0 Å². The summed E-state index contributed by atoms with van der Waals surface area (Å²) in [6.07, 6.45) is 4.35. The minimum absolute atomic E-state index is 0.0106. The van der Waals surface area contributed by atoms with Crippen LogP contribution in [0, 0.1) is 0 Å². The molecule has 4 heteroatoms. The Labute approximate surface area is 105 Å². The Morgan fingerprint density at radius 3 is 2.71 bits per heavy atom. The second-order valence-electron chi connectivity index (χ2n) is 4.20. The van der Waals surface area contributed by atoms with Gasteiger partial charge in [0.25, 0.3) is 0 Å². The number of hydrogen-bond donors (Lipinski definition) is 1. The van der Waals surface area contributed by atoms with Crippen LogP contribution in [0.1, 0.15) is 25.7 Å². The number of halogens is 1. The maximum atomic E-state index is 11.7. The van der Waals surface area contributed by atoms with E-state index in [-0.39, 0.29) is 5.69 Å². The predicted octanol–water partition coefficient (Wildman–Crippen LogP) is 3.13. The SMILES string of the molecule is O=c1[nH]c2ccccc2n1CCCCCCCl. The average Bonchev–Trinajstić information content (AvgIpc) is 2.65. The quantitative estimate of drug-likeness (QED) is 0.623. The molecule has 17 heavy (non-hydrogen) atoms. The van der Waals surface area contributed by atoms with Gasteiger partial charge in [0.15, 0.2) is 0 Å². The third kappa shape index (κ3) is 2.91. The number of aromatic amines is 1. The Balaban J connectivity index is 2.03. The number of hydrogen-bond acceptors (Lipinski definition) is 1. The number of para-hydroxylation sites is 2. The van der Waals surface area contributed by atoms with E-state index in [4.69, 9.17) is 11.6 Å². The van der Waals surface area contributed by atoms with Crippen LogP contribution in [-0.2, 0) is 6.54 Å². The van der Waals surface area contributed by atoms with Crippen LogP contribution in [0.5, 0.6) is 0 Å². The first-order valence-electron chi connectivity index (χ1n) is 6.06. The zero-order valence-electron chi connectivity index (χ0n) is 9.79. The first-order chi connectivity index (χ1) is 8.33. The van der Waals surface area contributed by atoms with Gasteiger partial charge in [-0.1, -0.05) is 25.0 Å². The number of alkyl halides is 1. The highest BCUT2D eigenvalue weighted by Gasteiger charge is 2.04. The molecular formula is C13H17ClN2O. The van der Waals surface area contributed by atoms with Crippen molar-refractivity contribution >= 4 is 22.6 Å². The van der Waals surface area contributed by atoms with Crippen molar-refractivity contribution in [3.05, 3.63) is 34.7 Å². The Morgan fingerprint density at radius 1 is 1.12 bits per heavy atom. The topological polar surface area (TPSA) is 37.8 Å². The van der Waals surface area contributed by atoms with E-state index < -0.39 is 0 Å². The van der Waals surface area contributed by atoms with E-state index in [2.05, 4.69) is 4.98 Å². The predicted molar refractivity (Wildman–Crippen MR) is 71.7 cm³/mol. The van der Waals surface area contributed by atoms with E-state index in [9.17, 15) is 4.79 Å². The average molecular weight is 253 g/mol. The first-order valence-corrected chi connectivity index (χ1v) is 6.60. The third-order valence-electron chi connectivity index (χ3n) is 2.95. The normalized spacial score (nSPS) is 11.1. The molecule has 0 atom stereocenters. The zero-order chi connectivity index (χ0) is 12.1. The van der Waals surface area contributed by atoms with Crippen molar-refractivity contribution in [2.45, 2.75) is 32.2 Å². The smallest absolute Gasteiger partial charge is 0.306 e. The summed E-state index contributed by atoms with van der Waals surface area (Å²) in [7, 11) is 0. The molecule has 2 rings (SSSR count). The fourth-order valence-corrected chi connectivity index (χ4v) is 2.24. The Bertz CT molecular complexity index is 529. The number of aromatic nitrogens is 2. The number of unbranched alkanes of at least 4 members (excludes halogenated alkanes) is 3. The van der Waals surface area contributed by atoms with E-state index in [0.717, 1.165) is 49.1 Å². The molecule has 0 fully saturated rings. The molecule has 92 valence electrons. The second-order valence-corrected chi connectivity index (χ2v) is 4.58. The summed E-state index contributed by atoms with van der Waals surface area (Å²) in [4.78, 5) is 14.6. The molecule has 1 N–H and O–H groups in total. The van der Waals surface area contributed by atoms with Crippen molar-refractivity contribution < 1.29 is 0 Å². The molecule has 0 aliphatic carbocycles. The summed E-state index contributed by atoms with van der Waals surface area (Å²) in [6.45, 7) is 0.783. The number of aryl methyl sites for hydroxylation is 1. The molecule has 3 nitrogen and oxygen atoms in total. The van der Waals surface area contributed by atoms with Gasteiger partial charge in [0, 0.05) is 12.4 Å². The zero-order valence-corrected chi connectivity index (χ0v) is 10.5. The van der Waals surface area contributed by atoms with Gasteiger partial charge in [0.05, 0.1) is 11.0 Å². The molecule has 1 aromatic heterocycles. The monoisotopic (exact) mass is 252 g/mol. The van der Waals surface area contributed by atoms with Gasteiger partial charge >= 0.3 is 5.69 Å². The third-order valence-corrected chi connectivity index (χ3v) is 3.21. The molecule has 0 unspecified atom stereocenters. The molecule has 0 saturated heterocycles. The molecule has 0 aliphatic rings. The molecular weight excluding hydrogens is 236 g/mol. The largest absolute Gasteiger partial charge is 0.326 e.